The van der Waals surface area contributed by atoms with Crippen molar-refractivity contribution in [3.05, 3.63) is 0 Å². The predicted octanol–water partition coefficient (Wildman–Crippen LogP) is 8.08. The Morgan fingerprint density at radius 2 is 1.13 bits per heavy atom. The lowest BCUT2D eigenvalue weighted by Gasteiger charge is -2.25. The number of methoxy groups -OCH3 is 1. The van der Waals surface area contributed by atoms with Gasteiger partial charge in [0.25, 0.3) is 0 Å². The maximum absolute atomic E-state index is 11.6. The smallest absolute Gasteiger partial charge is 0.311 e. The van der Waals surface area contributed by atoms with Crippen LogP contribution in [-0.4, -0.2) is 24.3 Å². The third-order valence-electron chi connectivity index (χ3n) is 6.74. The summed E-state index contributed by atoms with van der Waals surface area (Å²) in [6.45, 7) is 8.36. The van der Waals surface area contributed by atoms with Crippen LogP contribution in [0.4, 0.5) is 0 Å². The molecule has 0 aliphatic carbocycles. The molecule has 0 amide bonds. The third-order valence-corrected chi connectivity index (χ3v) is 6.74. The molecular formula is C27H54O3. The number of aliphatic hydroxyl groups excluding tert-OH is 1. The third kappa shape index (κ3) is 16.2. The van der Waals surface area contributed by atoms with Gasteiger partial charge >= 0.3 is 5.97 Å². The molecule has 4 unspecified atom stereocenters. The highest BCUT2D eigenvalue weighted by Crippen LogP contribution is 2.24. The molecule has 3 nitrogen and oxygen atoms in total. The lowest BCUT2D eigenvalue weighted by Crippen LogP contribution is -2.32. The van der Waals surface area contributed by atoms with E-state index in [2.05, 4.69) is 13.8 Å². The van der Waals surface area contributed by atoms with Crippen LogP contribution in [0.3, 0.4) is 0 Å². The van der Waals surface area contributed by atoms with E-state index < -0.39 is 12.0 Å². The first-order valence-electron chi connectivity index (χ1n) is 13.2. The zero-order valence-electron chi connectivity index (χ0n) is 21.1. The molecule has 4 atom stereocenters. The monoisotopic (exact) mass is 426 g/mol. The van der Waals surface area contributed by atoms with Gasteiger partial charge in [-0.2, -0.15) is 0 Å². The fourth-order valence-corrected chi connectivity index (χ4v) is 4.57. The number of carbonyl (C=O) groups is 1. The molecule has 0 heterocycles. The molecule has 0 radical (unpaired) electrons. The molecule has 180 valence electrons. The van der Waals surface area contributed by atoms with E-state index in [0.717, 1.165) is 6.42 Å². The van der Waals surface area contributed by atoms with E-state index in [1.54, 1.807) is 6.92 Å². The van der Waals surface area contributed by atoms with Gasteiger partial charge in [-0.1, -0.05) is 124 Å². The van der Waals surface area contributed by atoms with Gasteiger partial charge in [-0.05, 0) is 25.2 Å². The van der Waals surface area contributed by atoms with Crippen LogP contribution in [0, 0.1) is 17.8 Å². The molecule has 0 aliphatic rings. The van der Waals surface area contributed by atoms with Gasteiger partial charge in [0.05, 0.1) is 19.1 Å². The highest BCUT2D eigenvalue weighted by atomic mass is 16.5. The molecule has 0 aromatic rings. The molecule has 0 rings (SSSR count). The summed E-state index contributed by atoms with van der Waals surface area (Å²) in [5, 5.41) is 10.3. The van der Waals surface area contributed by atoms with E-state index in [9.17, 15) is 9.90 Å². The molecule has 0 spiro atoms. The first-order chi connectivity index (χ1) is 14.4. The molecule has 0 saturated heterocycles. The minimum absolute atomic E-state index is 0.130. The Balaban J connectivity index is 3.48. The zero-order valence-corrected chi connectivity index (χ0v) is 21.1. The van der Waals surface area contributed by atoms with Gasteiger partial charge in [0.2, 0.25) is 0 Å². The largest absolute Gasteiger partial charge is 0.469 e. The van der Waals surface area contributed by atoms with Gasteiger partial charge in [-0.25, -0.2) is 0 Å². The van der Waals surface area contributed by atoms with Gasteiger partial charge < -0.3 is 9.84 Å². The number of rotatable bonds is 21. The summed E-state index contributed by atoms with van der Waals surface area (Å²) in [5.41, 5.74) is 0. The average molecular weight is 427 g/mol. The number of ether oxygens (including phenoxy) is 1. The molecule has 0 bridgehead atoms. The SMILES string of the molecule is CCCCCCCCCCCCCCCCCC(C)CC(C)C(O)C(C)C(=O)OC. The second-order valence-electron chi connectivity index (χ2n) is 9.86. The summed E-state index contributed by atoms with van der Waals surface area (Å²) in [7, 11) is 1.38. The highest BCUT2D eigenvalue weighted by Gasteiger charge is 2.28. The minimum Gasteiger partial charge on any atom is -0.469 e. The van der Waals surface area contributed by atoms with Crippen LogP contribution < -0.4 is 0 Å². The Labute approximate surface area is 188 Å². The second-order valence-corrected chi connectivity index (χ2v) is 9.86. The van der Waals surface area contributed by atoms with Crippen LogP contribution in [-0.2, 0) is 9.53 Å². The first kappa shape index (κ1) is 29.4. The van der Waals surface area contributed by atoms with Crippen molar-refractivity contribution in [2.45, 2.75) is 143 Å². The van der Waals surface area contributed by atoms with E-state index in [1.807, 2.05) is 6.92 Å². The summed E-state index contributed by atoms with van der Waals surface area (Å²) in [6.07, 6.45) is 22.6. The Morgan fingerprint density at radius 1 is 0.733 bits per heavy atom. The van der Waals surface area contributed by atoms with Crippen molar-refractivity contribution < 1.29 is 14.6 Å². The predicted molar refractivity (Wildman–Crippen MR) is 130 cm³/mol. The van der Waals surface area contributed by atoms with E-state index in [-0.39, 0.29) is 11.9 Å². The maximum atomic E-state index is 11.6. The molecule has 0 saturated carbocycles. The maximum Gasteiger partial charge on any atom is 0.311 e. The molecular weight excluding hydrogens is 372 g/mol. The number of hydrogen-bond acceptors (Lipinski definition) is 3. The van der Waals surface area contributed by atoms with Crippen molar-refractivity contribution >= 4 is 5.97 Å². The van der Waals surface area contributed by atoms with Crippen molar-refractivity contribution in [3.63, 3.8) is 0 Å². The van der Waals surface area contributed by atoms with E-state index >= 15 is 0 Å². The van der Waals surface area contributed by atoms with Crippen LogP contribution in [0.5, 0.6) is 0 Å². The zero-order chi connectivity index (χ0) is 22.6. The summed E-state index contributed by atoms with van der Waals surface area (Å²) in [5.74, 6) is -0.0284. The molecule has 1 N–H and O–H groups in total. The first-order valence-corrected chi connectivity index (χ1v) is 13.2. The van der Waals surface area contributed by atoms with Gasteiger partial charge in [0, 0.05) is 0 Å². The van der Waals surface area contributed by atoms with Gasteiger partial charge in [0.1, 0.15) is 0 Å². The Morgan fingerprint density at radius 3 is 1.53 bits per heavy atom. The number of hydrogen-bond donors (Lipinski definition) is 1. The number of carbonyl (C=O) groups excluding carboxylic acids is 1. The van der Waals surface area contributed by atoms with Crippen molar-refractivity contribution in [1.29, 1.82) is 0 Å². The average Bonchev–Trinajstić information content (AvgIpc) is 2.74. The minimum atomic E-state index is -0.610. The topological polar surface area (TPSA) is 46.5 Å². The molecule has 0 aliphatic heterocycles. The fraction of sp³-hybridized carbons (Fsp3) is 0.963. The normalized spacial score (nSPS) is 15.5. The van der Waals surface area contributed by atoms with Crippen LogP contribution >= 0.6 is 0 Å². The Kier molecular flexibility index (Phi) is 20.0. The molecule has 0 aromatic heterocycles. The quantitative estimate of drug-likeness (QED) is 0.149. The van der Waals surface area contributed by atoms with E-state index in [4.69, 9.17) is 4.74 Å². The lowest BCUT2D eigenvalue weighted by atomic mass is 9.85. The van der Waals surface area contributed by atoms with Crippen LogP contribution in [0.1, 0.15) is 137 Å². The van der Waals surface area contributed by atoms with Gasteiger partial charge in [-0.3, -0.25) is 4.79 Å². The second kappa shape index (κ2) is 20.3. The van der Waals surface area contributed by atoms with E-state index in [1.165, 1.54) is 110 Å². The van der Waals surface area contributed by atoms with Crippen molar-refractivity contribution in [3.8, 4) is 0 Å². The molecule has 0 fully saturated rings. The Hall–Kier alpha value is -0.570. The molecule has 30 heavy (non-hydrogen) atoms. The number of aliphatic hydroxyl groups is 1. The van der Waals surface area contributed by atoms with Crippen molar-refractivity contribution in [2.75, 3.05) is 7.11 Å². The van der Waals surface area contributed by atoms with E-state index in [0.29, 0.717) is 5.92 Å². The lowest BCUT2D eigenvalue weighted by molar-refractivity contribution is -0.150. The van der Waals surface area contributed by atoms with Gasteiger partial charge in [0.15, 0.2) is 0 Å². The van der Waals surface area contributed by atoms with Crippen LogP contribution in [0.15, 0.2) is 0 Å². The van der Waals surface area contributed by atoms with Crippen molar-refractivity contribution in [1.82, 2.24) is 0 Å². The summed E-state index contributed by atoms with van der Waals surface area (Å²) >= 11 is 0. The standard InChI is InChI=1S/C27H54O3/c1-6-7-8-9-10-11-12-13-14-15-16-17-18-19-20-21-23(2)22-24(3)26(28)25(4)27(29)30-5/h23-26,28H,6-22H2,1-5H3. The number of esters is 1. The van der Waals surface area contributed by atoms with Crippen molar-refractivity contribution in [2.24, 2.45) is 17.8 Å². The summed E-state index contributed by atoms with van der Waals surface area (Å²) in [6, 6.07) is 0. The van der Waals surface area contributed by atoms with Crippen LogP contribution in [0.2, 0.25) is 0 Å². The van der Waals surface area contributed by atoms with Crippen LogP contribution in [0.25, 0.3) is 0 Å². The highest BCUT2D eigenvalue weighted by molar-refractivity contribution is 5.72. The number of unbranched alkanes of at least 4 members (excludes halogenated alkanes) is 14. The Bertz CT molecular complexity index is 382. The fourth-order valence-electron chi connectivity index (χ4n) is 4.57. The molecule has 3 heteroatoms. The summed E-state index contributed by atoms with van der Waals surface area (Å²) < 4.78 is 4.75. The molecule has 0 aromatic carbocycles. The van der Waals surface area contributed by atoms with Gasteiger partial charge in [-0.15, -0.1) is 0 Å². The summed E-state index contributed by atoms with van der Waals surface area (Å²) in [4.78, 5) is 11.6.